The van der Waals surface area contributed by atoms with Gasteiger partial charge in [-0.25, -0.2) is 4.98 Å². The fraction of sp³-hybridized carbons (Fsp3) is 0.167. The molecule has 0 amide bonds. The molecule has 0 spiro atoms. The summed E-state index contributed by atoms with van der Waals surface area (Å²) in [5, 5.41) is 4.78. The third-order valence-electron chi connectivity index (χ3n) is 3.61. The zero-order chi connectivity index (χ0) is 16.1. The van der Waals surface area contributed by atoms with Crippen LogP contribution in [0.3, 0.4) is 0 Å². The van der Waals surface area contributed by atoms with Crippen molar-refractivity contribution >= 4 is 23.2 Å². The van der Waals surface area contributed by atoms with Crippen LogP contribution in [0, 0.1) is 0 Å². The van der Waals surface area contributed by atoms with Gasteiger partial charge in [-0.2, -0.15) is 0 Å². The molecule has 2 aromatic carbocycles. The van der Waals surface area contributed by atoms with Gasteiger partial charge in [-0.3, -0.25) is 0 Å². The minimum absolute atomic E-state index is 0.643. The number of aromatic nitrogens is 2. The maximum absolute atomic E-state index is 6.18. The number of nitrogens with one attached hydrogen (secondary N) is 1. The predicted octanol–water partition coefficient (Wildman–Crippen LogP) is 4.53. The average molecular weight is 346 g/mol. The van der Waals surface area contributed by atoms with Crippen molar-refractivity contribution in [2.45, 2.75) is 19.6 Å². The highest BCUT2D eigenvalue weighted by atomic mass is 35.5. The number of hydrogen-bond donors (Lipinski definition) is 1. The fourth-order valence-corrected chi connectivity index (χ4v) is 2.99. The fourth-order valence-electron chi connectivity index (χ4n) is 2.46. The van der Waals surface area contributed by atoms with E-state index in [1.54, 1.807) is 6.20 Å². The van der Waals surface area contributed by atoms with Crippen molar-refractivity contribution in [2.75, 3.05) is 0 Å². The Morgan fingerprint density at radius 2 is 1.70 bits per heavy atom. The SMILES string of the molecule is Clc1cccc(Cl)c1CNCc1cccc(Cn2ccnc2)c1. The number of nitrogens with zero attached hydrogens (tertiary/aromatic N) is 2. The number of halogens is 2. The highest BCUT2D eigenvalue weighted by molar-refractivity contribution is 6.35. The zero-order valence-electron chi connectivity index (χ0n) is 12.5. The molecular weight excluding hydrogens is 329 g/mol. The summed E-state index contributed by atoms with van der Waals surface area (Å²) in [6, 6.07) is 14.1. The van der Waals surface area contributed by atoms with Crippen molar-refractivity contribution in [3.05, 3.63) is 87.9 Å². The molecule has 0 radical (unpaired) electrons. The Kier molecular flexibility index (Phi) is 5.34. The van der Waals surface area contributed by atoms with Crippen LogP contribution < -0.4 is 5.32 Å². The molecule has 0 fully saturated rings. The van der Waals surface area contributed by atoms with E-state index in [0.29, 0.717) is 16.6 Å². The summed E-state index contributed by atoms with van der Waals surface area (Å²) in [5.41, 5.74) is 3.41. The van der Waals surface area contributed by atoms with Crippen molar-refractivity contribution in [1.82, 2.24) is 14.9 Å². The molecule has 0 unspecified atom stereocenters. The molecule has 0 saturated heterocycles. The first-order valence-electron chi connectivity index (χ1n) is 7.39. The number of imidazole rings is 1. The Hall–Kier alpha value is -1.81. The Balaban J connectivity index is 1.60. The molecular formula is C18H17Cl2N3. The molecule has 0 atom stereocenters. The van der Waals surface area contributed by atoms with Gasteiger partial charge in [-0.1, -0.05) is 53.5 Å². The van der Waals surface area contributed by atoms with Crippen LogP contribution in [0.1, 0.15) is 16.7 Å². The van der Waals surface area contributed by atoms with Gasteiger partial charge in [0.05, 0.1) is 6.33 Å². The summed E-state index contributed by atoms with van der Waals surface area (Å²) < 4.78 is 2.05. The van der Waals surface area contributed by atoms with Gasteiger partial charge in [0.15, 0.2) is 0 Å². The lowest BCUT2D eigenvalue weighted by atomic mass is 10.1. The molecule has 1 heterocycles. The molecule has 3 rings (SSSR count). The third-order valence-corrected chi connectivity index (χ3v) is 4.32. The van der Waals surface area contributed by atoms with Gasteiger partial charge in [0.1, 0.15) is 0 Å². The van der Waals surface area contributed by atoms with Crippen LogP contribution in [0.5, 0.6) is 0 Å². The topological polar surface area (TPSA) is 29.9 Å². The molecule has 0 aliphatic heterocycles. The monoisotopic (exact) mass is 345 g/mol. The summed E-state index contributed by atoms with van der Waals surface area (Å²) in [6.45, 7) is 2.23. The molecule has 3 nitrogen and oxygen atoms in total. The highest BCUT2D eigenvalue weighted by Gasteiger charge is 2.05. The minimum Gasteiger partial charge on any atom is -0.333 e. The predicted molar refractivity (Wildman–Crippen MR) is 94.8 cm³/mol. The second-order valence-corrected chi connectivity index (χ2v) is 6.17. The van der Waals surface area contributed by atoms with Crippen LogP contribution >= 0.6 is 23.2 Å². The van der Waals surface area contributed by atoms with Crippen molar-refractivity contribution < 1.29 is 0 Å². The van der Waals surface area contributed by atoms with Gasteiger partial charge in [0, 0.05) is 47.6 Å². The third kappa shape index (κ3) is 4.35. The smallest absolute Gasteiger partial charge is 0.0949 e. The van der Waals surface area contributed by atoms with Crippen LogP contribution in [-0.2, 0) is 19.6 Å². The van der Waals surface area contributed by atoms with E-state index in [-0.39, 0.29) is 0 Å². The van der Waals surface area contributed by atoms with Gasteiger partial charge in [-0.15, -0.1) is 0 Å². The molecule has 0 aliphatic rings. The Bertz CT molecular complexity index is 749. The van der Waals surface area contributed by atoms with E-state index >= 15 is 0 Å². The average Bonchev–Trinajstić information content (AvgIpc) is 3.04. The second kappa shape index (κ2) is 7.64. The van der Waals surface area contributed by atoms with Gasteiger partial charge < -0.3 is 9.88 Å². The zero-order valence-corrected chi connectivity index (χ0v) is 14.1. The first-order valence-corrected chi connectivity index (χ1v) is 8.15. The molecule has 3 aromatic rings. The standard InChI is InChI=1S/C18H17Cl2N3/c19-17-5-2-6-18(20)16(17)11-22-10-14-3-1-4-15(9-14)12-23-8-7-21-13-23/h1-9,13,22H,10-12H2. The second-order valence-electron chi connectivity index (χ2n) is 5.36. The van der Waals surface area contributed by atoms with Crippen molar-refractivity contribution in [3.8, 4) is 0 Å². The summed E-state index contributed by atoms with van der Waals surface area (Å²) >= 11 is 12.4. The van der Waals surface area contributed by atoms with Crippen LogP contribution in [0.4, 0.5) is 0 Å². The molecule has 0 bridgehead atoms. The molecule has 1 aromatic heterocycles. The summed E-state index contributed by atoms with van der Waals surface area (Å²) in [4.78, 5) is 4.07. The van der Waals surface area contributed by atoms with Gasteiger partial charge in [-0.05, 0) is 23.3 Å². The lowest BCUT2D eigenvalue weighted by Gasteiger charge is -2.10. The highest BCUT2D eigenvalue weighted by Crippen LogP contribution is 2.24. The lowest BCUT2D eigenvalue weighted by Crippen LogP contribution is -2.13. The molecule has 118 valence electrons. The molecule has 0 saturated carbocycles. The van der Waals surface area contributed by atoms with Gasteiger partial charge in [0.25, 0.3) is 0 Å². The Labute approximate surface area is 145 Å². The Morgan fingerprint density at radius 1 is 0.957 bits per heavy atom. The number of rotatable bonds is 6. The molecule has 5 heteroatoms. The largest absolute Gasteiger partial charge is 0.333 e. The van der Waals surface area contributed by atoms with E-state index < -0.39 is 0 Å². The maximum Gasteiger partial charge on any atom is 0.0949 e. The molecule has 1 N–H and O–H groups in total. The summed E-state index contributed by atoms with van der Waals surface area (Å²) in [6.07, 6.45) is 5.58. The normalized spacial score (nSPS) is 10.9. The van der Waals surface area contributed by atoms with E-state index in [2.05, 4.69) is 39.1 Å². The molecule has 23 heavy (non-hydrogen) atoms. The van der Waals surface area contributed by atoms with Crippen LogP contribution in [0.15, 0.2) is 61.2 Å². The van der Waals surface area contributed by atoms with Crippen LogP contribution in [0.2, 0.25) is 10.0 Å². The first-order chi connectivity index (χ1) is 11.2. The van der Waals surface area contributed by atoms with E-state index in [1.165, 1.54) is 11.1 Å². The molecule has 0 aliphatic carbocycles. The van der Waals surface area contributed by atoms with E-state index in [9.17, 15) is 0 Å². The number of hydrogen-bond acceptors (Lipinski definition) is 2. The van der Waals surface area contributed by atoms with Crippen LogP contribution in [0.25, 0.3) is 0 Å². The van der Waals surface area contributed by atoms with Crippen molar-refractivity contribution in [3.63, 3.8) is 0 Å². The van der Waals surface area contributed by atoms with Crippen LogP contribution in [-0.4, -0.2) is 9.55 Å². The van der Waals surface area contributed by atoms with E-state index in [0.717, 1.165) is 18.7 Å². The number of benzene rings is 2. The van der Waals surface area contributed by atoms with Crippen molar-refractivity contribution in [1.29, 1.82) is 0 Å². The summed E-state index contributed by atoms with van der Waals surface area (Å²) in [5.74, 6) is 0. The van der Waals surface area contributed by atoms with Gasteiger partial charge >= 0.3 is 0 Å². The van der Waals surface area contributed by atoms with E-state index in [4.69, 9.17) is 23.2 Å². The van der Waals surface area contributed by atoms with Crippen molar-refractivity contribution in [2.24, 2.45) is 0 Å². The summed E-state index contributed by atoms with van der Waals surface area (Å²) in [7, 11) is 0. The minimum atomic E-state index is 0.643. The maximum atomic E-state index is 6.18. The Morgan fingerprint density at radius 3 is 2.43 bits per heavy atom. The first kappa shape index (κ1) is 16.1. The van der Waals surface area contributed by atoms with E-state index in [1.807, 2.05) is 30.7 Å². The quantitative estimate of drug-likeness (QED) is 0.711. The van der Waals surface area contributed by atoms with Gasteiger partial charge in [0.2, 0.25) is 0 Å². The lowest BCUT2D eigenvalue weighted by molar-refractivity contribution is 0.691.